The third-order valence-electron chi connectivity index (χ3n) is 4.49. The van der Waals surface area contributed by atoms with E-state index in [4.69, 9.17) is 14.2 Å². The minimum absolute atomic E-state index is 0.203. The molecule has 0 aliphatic carbocycles. The number of ether oxygens (including phenoxy) is 3. The number of esters is 1. The summed E-state index contributed by atoms with van der Waals surface area (Å²) in [6.45, 7) is 4.29. The molecule has 0 unspecified atom stereocenters. The van der Waals surface area contributed by atoms with Gasteiger partial charge in [0.1, 0.15) is 0 Å². The molecular weight excluding hydrogens is 358 g/mol. The molecule has 0 fully saturated rings. The molecule has 0 saturated carbocycles. The fourth-order valence-corrected chi connectivity index (χ4v) is 2.80. The predicted molar refractivity (Wildman–Crippen MR) is 108 cm³/mol. The molecule has 150 valence electrons. The molecule has 0 bridgehead atoms. The number of hydrogen-bond donors (Lipinski definition) is 1. The highest BCUT2D eigenvalue weighted by Crippen LogP contribution is 2.33. The van der Waals surface area contributed by atoms with Gasteiger partial charge < -0.3 is 19.5 Å². The van der Waals surface area contributed by atoms with E-state index in [-0.39, 0.29) is 17.9 Å². The minimum Gasteiger partial charge on any atom is -0.493 e. The Morgan fingerprint density at radius 2 is 1.57 bits per heavy atom. The first-order valence-electron chi connectivity index (χ1n) is 9.12. The number of anilines is 1. The lowest BCUT2D eigenvalue weighted by Crippen LogP contribution is -2.16. The lowest BCUT2D eigenvalue weighted by Gasteiger charge is -2.14. The molecule has 2 aromatic carbocycles. The summed E-state index contributed by atoms with van der Waals surface area (Å²) in [4.78, 5) is 24.5. The first-order valence-corrected chi connectivity index (χ1v) is 9.12. The Hall–Kier alpha value is -3.02. The third-order valence-corrected chi connectivity index (χ3v) is 4.49. The molecule has 2 rings (SSSR count). The van der Waals surface area contributed by atoms with Crippen LogP contribution in [-0.4, -0.2) is 33.2 Å². The first kappa shape index (κ1) is 21.3. The van der Waals surface area contributed by atoms with Gasteiger partial charge in [0.25, 0.3) is 0 Å². The normalized spacial score (nSPS) is 10.5. The first-order chi connectivity index (χ1) is 13.4. The van der Waals surface area contributed by atoms with Gasteiger partial charge in [0.15, 0.2) is 11.5 Å². The van der Waals surface area contributed by atoms with Crippen molar-refractivity contribution >= 4 is 17.6 Å². The molecule has 0 aliphatic heterocycles. The Morgan fingerprint density at radius 3 is 2.11 bits per heavy atom. The van der Waals surface area contributed by atoms with Gasteiger partial charge in [-0.3, -0.25) is 4.79 Å². The molecule has 0 spiro atoms. The van der Waals surface area contributed by atoms with Gasteiger partial charge in [-0.1, -0.05) is 38.1 Å². The van der Waals surface area contributed by atoms with Gasteiger partial charge in [0.05, 0.1) is 32.6 Å². The van der Waals surface area contributed by atoms with Crippen LogP contribution in [0.15, 0.2) is 36.4 Å². The van der Waals surface area contributed by atoms with Crippen LogP contribution in [-0.2, 0) is 16.0 Å². The average Bonchev–Trinajstić information content (AvgIpc) is 2.71. The predicted octanol–water partition coefficient (Wildman–Crippen LogP) is 4.19. The molecule has 6 heteroatoms. The summed E-state index contributed by atoms with van der Waals surface area (Å²) in [5.41, 5.74) is 2.88. The Labute approximate surface area is 165 Å². The highest BCUT2D eigenvalue weighted by atomic mass is 16.5. The number of carbonyl (C=O) groups excluding carboxylic acids is 2. The standard InChI is InChI=1S/C22H27NO5/c1-14(2)16-9-6-15(7-10-16)8-11-21(24)23-18-13-20(27-4)19(26-3)12-17(18)22(25)28-5/h6-7,9-10,12-14H,8,11H2,1-5H3,(H,23,24). The highest BCUT2D eigenvalue weighted by molar-refractivity contribution is 6.02. The summed E-state index contributed by atoms with van der Waals surface area (Å²) in [5, 5.41) is 2.78. The van der Waals surface area contributed by atoms with Gasteiger partial charge in [0, 0.05) is 18.6 Å². The molecule has 1 amide bonds. The smallest absolute Gasteiger partial charge is 0.340 e. The number of amides is 1. The Bertz CT molecular complexity index is 828. The van der Waals surface area contributed by atoms with Crippen molar-refractivity contribution in [3.63, 3.8) is 0 Å². The van der Waals surface area contributed by atoms with Gasteiger partial charge in [-0.15, -0.1) is 0 Å². The van der Waals surface area contributed by atoms with Crippen molar-refractivity contribution in [2.75, 3.05) is 26.6 Å². The Balaban J connectivity index is 2.12. The van der Waals surface area contributed by atoms with Crippen LogP contribution in [0.4, 0.5) is 5.69 Å². The third kappa shape index (κ3) is 5.25. The van der Waals surface area contributed by atoms with E-state index in [2.05, 4.69) is 31.3 Å². The fourth-order valence-electron chi connectivity index (χ4n) is 2.80. The van der Waals surface area contributed by atoms with Crippen molar-refractivity contribution in [3.05, 3.63) is 53.1 Å². The van der Waals surface area contributed by atoms with Crippen molar-refractivity contribution < 1.29 is 23.8 Å². The van der Waals surface area contributed by atoms with Crippen LogP contribution in [0, 0.1) is 0 Å². The van der Waals surface area contributed by atoms with Crippen LogP contribution in [0.5, 0.6) is 11.5 Å². The van der Waals surface area contributed by atoms with Crippen molar-refractivity contribution in [2.24, 2.45) is 0 Å². The molecule has 28 heavy (non-hydrogen) atoms. The van der Waals surface area contributed by atoms with Gasteiger partial charge in [-0.25, -0.2) is 4.79 Å². The molecule has 0 atom stereocenters. The van der Waals surface area contributed by atoms with E-state index < -0.39 is 5.97 Å². The van der Waals surface area contributed by atoms with Crippen LogP contribution in [0.2, 0.25) is 0 Å². The van der Waals surface area contributed by atoms with Crippen molar-refractivity contribution in [2.45, 2.75) is 32.6 Å². The monoisotopic (exact) mass is 385 g/mol. The molecule has 0 aromatic heterocycles. The van der Waals surface area contributed by atoms with Crippen LogP contribution >= 0.6 is 0 Å². The van der Waals surface area contributed by atoms with Gasteiger partial charge in [-0.05, 0) is 23.5 Å². The van der Waals surface area contributed by atoms with Gasteiger partial charge in [0.2, 0.25) is 5.91 Å². The van der Waals surface area contributed by atoms with E-state index >= 15 is 0 Å². The van der Waals surface area contributed by atoms with Crippen LogP contribution in [0.1, 0.15) is 47.7 Å². The second-order valence-electron chi connectivity index (χ2n) is 6.69. The van der Waals surface area contributed by atoms with Crippen molar-refractivity contribution in [3.8, 4) is 11.5 Å². The maximum atomic E-state index is 12.4. The zero-order valence-electron chi connectivity index (χ0n) is 17.0. The molecule has 0 heterocycles. The number of hydrogen-bond acceptors (Lipinski definition) is 5. The van der Waals surface area contributed by atoms with Gasteiger partial charge in [-0.2, -0.15) is 0 Å². The number of carbonyl (C=O) groups is 2. The molecule has 0 radical (unpaired) electrons. The summed E-state index contributed by atoms with van der Waals surface area (Å²) in [6.07, 6.45) is 0.890. The van der Waals surface area contributed by atoms with Crippen LogP contribution in [0.3, 0.4) is 0 Å². The van der Waals surface area contributed by atoms with Crippen LogP contribution < -0.4 is 14.8 Å². The second kappa shape index (κ2) is 9.78. The Morgan fingerprint density at radius 1 is 0.964 bits per heavy atom. The Kier molecular flexibility index (Phi) is 7.44. The molecular formula is C22H27NO5. The largest absolute Gasteiger partial charge is 0.493 e. The summed E-state index contributed by atoms with van der Waals surface area (Å²) in [6, 6.07) is 11.3. The summed E-state index contributed by atoms with van der Waals surface area (Å²) in [7, 11) is 4.25. The van der Waals surface area contributed by atoms with Gasteiger partial charge >= 0.3 is 5.97 Å². The molecule has 0 aliphatic rings. The quantitative estimate of drug-likeness (QED) is 0.690. The maximum absolute atomic E-state index is 12.4. The van der Waals surface area contributed by atoms with Crippen LogP contribution in [0.25, 0.3) is 0 Å². The second-order valence-corrected chi connectivity index (χ2v) is 6.69. The molecule has 0 saturated heterocycles. The lowest BCUT2D eigenvalue weighted by atomic mass is 10.0. The number of aryl methyl sites for hydroxylation is 1. The maximum Gasteiger partial charge on any atom is 0.340 e. The summed E-state index contributed by atoms with van der Waals surface area (Å²) in [5.74, 6) is 0.492. The summed E-state index contributed by atoms with van der Waals surface area (Å²) < 4.78 is 15.3. The van der Waals surface area contributed by atoms with Crippen molar-refractivity contribution in [1.29, 1.82) is 0 Å². The number of methoxy groups -OCH3 is 3. The topological polar surface area (TPSA) is 73.9 Å². The molecule has 1 N–H and O–H groups in total. The van der Waals surface area contributed by atoms with E-state index in [0.717, 1.165) is 5.56 Å². The lowest BCUT2D eigenvalue weighted by molar-refractivity contribution is -0.116. The van der Waals surface area contributed by atoms with E-state index in [1.54, 1.807) is 6.07 Å². The van der Waals surface area contributed by atoms with E-state index in [9.17, 15) is 9.59 Å². The number of nitrogens with one attached hydrogen (secondary N) is 1. The zero-order valence-corrected chi connectivity index (χ0v) is 17.0. The summed E-state index contributed by atoms with van der Waals surface area (Å²) >= 11 is 0. The van der Waals surface area contributed by atoms with E-state index in [1.165, 1.54) is 33.0 Å². The highest BCUT2D eigenvalue weighted by Gasteiger charge is 2.19. The van der Waals surface area contributed by atoms with Crippen molar-refractivity contribution in [1.82, 2.24) is 0 Å². The average molecular weight is 385 g/mol. The fraction of sp³-hybridized carbons (Fsp3) is 0.364. The molecule has 6 nitrogen and oxygen atoms in total. The number of rotatable bonds is 8. The SMILES string of the molecule is COC(=O)c1cc(OC)c(OC)cc1NC(=O)CCc1ccc(C(C)C)cc1. The minimum atomic E-state index is -0.569. The molecule has 2 aromatic rings. The number of benzene rings is 2. The zero-order chi connectivity index (χ0) is 20.7. The van der Waals surface area contributed by atoms with E-state index in [1.807, 2.05) is 12.1 Å². The van der Waals surface area contributed by atoms with E-state index in [0.29, 0.717) is 29.5 Å².